The van der Waals surface area contributed by atoms with Gasteiger partial charge in [-0.3, -0.25) is 0 Å². The largest absolute Gasteiger partial charge is 0.478 e. The molecular formula is C15H23N3O4. The molecule has 0 atom stereocenters. The molecule has 1 aromatic rings. The average molecular weight is 309 g/mol. The summed E-state index contributed by atoms with van der Waals surface area (Å²) in [7, 11) is 0. The van der Waals surface area contributed by atoms with Crippen molar-refractivity contribution < 1.29 is 19.4 Å². The van der Waals surface area contributed by atoms with Crippen LogP contribution in [-0.4, -0.2) is 36.9 Å². The first-order valence-electron chi connectivity index (χ1n) is 7.32. The molecule has 0 radical (unpaired) electrons. The van der Waals surface area contributed by atoms with Crippen molar-refractivity contribution in [3.8, 4) is 0 Å². The van der Waals surface area contributed by atoms with Gasteiger partial charge in [0, 0.05) is 13.1 Å². The van der Waals surface area contributed by atoms with Crippen molar-refractivity contribution in [3.05, 3.63) is 23.8 Å². The van der Waals surface area contributed by atoms with Crippen molar-refractivity contribution in [2.24, 2.45) is 0 Å². The molecule has 0 aliphatic rings. The minimum Gasteiger partial charge on any atom is -0.478 e. The van der Waals surface area contributed by atoms with E-state index in [1.54, 1.807) is 6.07 Å². The molecule has 122 valence electrons. The van der Waals surface area contributed by atoms with Gasteiger partial charge in [0.1, 0.15) is 0 Å². The number of nitrogens with one attached hydrogen (secondary N) is 2. The molecule has 0 saturated carbocycles. The fourth-order valence-electron chi connectivity index (χ4n) is 1.70. The van der Waals surface area contributed by atoms with Gasteiger partial charge in [-0.25, -0.2) is 9.59 Å². The first kappa shape index (κ1) is 17.6. The molecule has 0 spiro atoms. The van der Waals surface area contributed by atoms with E-state index in [2.05, 4.69) is 10.6 Å². The molecule has 7 heteroatoms. The molecule has 22 heavy (non-hydrogen) atoms. The van der Waals surface area contributed by atoms with Gasteiger partial charge in [-0.05, 0) is 31.0 Å². The maximum absolute atomic E-state index is 11.3. The molecule has 0 aliphatic heterocycles. The van der Waals surface area contributed by atoms with E-state index < -0.39 is 12.1 Å². The normalized spacial score (nSPS) is 10.0. The van der Waals surface area contributed by atoms with Crippen LogP contribution in [0.5, 0.6) is 0 Å². The number of benzene rings is 1. The maximum atomic E-state index is 11.3. The Hall–Kier alpha value is -2.44. The van der Waals surface area contributed by atoms with Crippen LogP contribution >= 0.6 is 0 Å². The molecular weight excluding hydrogens is 286 g/mol. The van der Waals surface area contributed by atoms with E-state index >= 15 is 0 Å². The number of carbonyl (C=O) groups excluding carboxylic acids is 1. The highest BCUT2D eigenvalue weighted by atomic mass is 16.5. The minimum absolute atomic E-state index is 0.175. The van der Waals surface area contributed by atoms with E-state index in [-0.39, 0.29) is 5.56 Å². The number of hydrogen-bond acceptors (Lipinski definition) is 5. The molecule has 0 saturated heterocycles. The zero-order valence-electron chi connectivity index (χ0n) is 12.7. The molecule has 0 aliphatic carbocycles. The lowest BCUT2D eigenvalue weighted by Crippen LogP contribution is -2.26. The van der Waals surface area contributed by atoms with Gasteiger partial charge in [-0.1, -0.05) is 13.3 Å². The van der Waals surface area contributed by atoms with Crippen LogP contribution in [0.3, 0.4) is 0 Å². The second-order valence-corrected chi connectivity index (χ2v) is 4.80. The molecule has 1 amide bonds. The summed E-state index contributed by atoms with van der Waals surface area (Å²) in [5, 5.41) is 14.6. The quantitative estimate of drug-likeness (QED) is 0.411. The van der Waals surface area contributed by atoms with Crippen molar-refractivity contribution >= 4 is 23.4 Å². The number of carboxylic acids is 1. The molecule has 7 nitrogen and oxygen atoms in total. The summed E-state index contributed by atoms with van der Waals surface area (Å²) in [6.45, 7) is 3.48. The summed E-state index contributed by atoms with van der Waals surface area (Å²) in [4.78, 5) is 22.2. The van der Waals surface area contributed by atoms with E-state index in [0.29, 0.717) is 37.5 Å². The first-order valence-corrected chi connectivity index (χ1v) is 7.32. The van der Waals surface area contributed by atoms with Crippen LogP contribution < -0.4 is 16.4 Å². The van der Waals surface area contributed by atoms with Crippen LogP contribution in [0.2, 0.25) is 0 Å². The molecule has 0 fully saturated rings. The Balaban J connectivity index is 2.26. The summed E-state index contributed by atoms with van der Waals surface area (Å²) < 4.78 is 4.95. The highest BCUT2D eigenvalue weighted by Crippen LogP contribution is 2.19. The van der Waals surface area contributed by atoms with Crippen molar-refractivity contribution in [1.29, 1.82) is 0 Å². The summed E-state index contributed by atoms with van der Waals surface area (Å²) in [6.07, 6.45) is 2.09. The molecule has 0 aromatic heterocycles. The number of alkyl carbamates (subject to hydrolysis) is 1. The monoisotopic (exact) mass is 309 g/mol. The Labute approximate surface area is 129 Å². The van der Waals surface area contributed by atoms with Crippen molar-refractivity contribution in [3.63, 3.8) is 0 Å². The van der Waals surface area contributed by atoms with E-state index in [4.69, 9.17) is 15.6 Å². The van der Waals surface area contributed by atoms with Gasteiger partial charge < -0.3 is 26.2 Å². The number of rotatable bonds is 9. The van der Waals surface area contributed by atoms with E-state index in [1.807, 2.05) is 6.92 Å². The Morgan fingerprint density at radius 1 is 1.27 bits per heavy atom. The van der Waals surface area contributed by atoms with Crippen LogP contribution in [0.1, 0.15) is 36.5 Å². The number of amides is 1. The minimum atomic E-state index is -1.00. The molecule has 1 rings (SSSR count). The predicted octanol–water partition coefficient (Wildman–Crippen LogP) is 2.30. The predicted molar refractivity (Wildman–Crippen MR) is 85.2 cm³/mol. The molecule has 0 heterocycles. The number of aromatic carboxylic acids is 1. The number of hydrogen-bond donors (Lipinski definition) is 4. The van der Waals surface area contributed by atoms with Crippen LogP contribution in [0.15, 0.2) is 18.2 Å². The van der Waals surface area contributed by atoms with Crippen LogP contribution in [0.4, 0.5) is 16.2 Å². The third-order valence-electron chi connectivity index (χ3n) is 2.97. The van der Waals surface area contributed by atoms with E-state index in [1.165, 1.54) is 12.1 Å². The molecule has 1 aromatic carbocycles. The topological polar surface area (TPSA) is 114 Å². The summed E-state index contributed by atoms with van der Waals surface area (Å²) in [6, 6.07) is 4.50. The van der Waals surface area contributed by atoms with Gasteiger partial charge in [-0.2, -0.15) is 0 Å². The van der Waals surface area contributed by atoms with Gasteiger partial charge in [-0.15, -0.1) is 0 Å². The summed E-state index contributed by atoms with van der Waals surface area (Å²) in [5.41, 5.74) is 7.01. The second-order valence-electron chi connectivity index (χ2n) is 4.80. The first-order chi connectivity index (χ1) is 10.5. The number of anilines is 2. The summed E-state index contributed by atoms with van der Waals surface area (Å²) in [5.74, 6) is -1.00. The fraction of sp³-hybridized carbons (Fsp3) is 0.467. The smallest absolute Gasteiger partial charge is 0.407 e. The van der Waals surface area contributed by atoms with Gasteiger partial charge in [0.2, 0.25) is 0 Å². The third-order valence-corrected chi connectivity index (χ3v) is 2.97. The van der Waals surface area contributed by atoms with Crippen LogP contribution in [0, 0.1) is 0 Å². The lowest BCUT2D eigenvalue weighted by molar-refractivity contribution is 0.0697. The Kier molecular flexibility index (Phi) is 7.60. The number of unbranched alkanes of at least 4 members (excludes halogenated alkanes) is 1. The lowest BCUT2D eigenvalue weighted by Gasteiger charge is -2.10. The van der Waals surface area contributed by atoms with E-state index in [9.17, 15) is 9.59 Å². The van der Waals surface area contributed by atoms with Gasteiger partial charge >= 0.3 is 12.1 Å². The van der Waals surface area contributed by atoms with Gasteiger partial charge in [0.05, 0.1) is 23.5 Å². The zero-order chi connectivity index (χ0) is 16.4. The molecule has 0 bridgehead atoms. The molecule has 0 unspecified atom stereocenters. The van der Waals surface area contributed by atoms with Crippen LogP contribution in [-0.2, 0) is 4.74 Å². The van der Waals surface area contributed by atoms with Gasteiger partial charge in [0.15, 0.2) is 0 Å². The summed E-state index contributed by atoms with van der Waals surface area (Å²) >= 11 is 0. The Morgan fingerprint density at radius 2 is 2.05 bits per heavy atom. The second kappa shape index (κ2) is 9.49. The standard InChI is InChI=1S/C15H23N3O4/c1-2-3-9-22-15(21)18-8-4-7-17-13-10-11(14(19)20)5-6-12(13)16/h5-6,10,17H,2-4,7-9,16H2,1H3,(H,18,21)(H,19,20). The fourth-order valence-corrected chi connectivity index (χ4v) is 1.70. The van der Waals surface area contributed by atoms with Crippen molar-refractivity contribution in [1.82, 2.24) is 5.32 Å². The number of nitrogens with two attached hydrogens (primary N) is 1. The van der Waals surface area contributed by atoms with Crippen molar-refractivity contribution in [2.75, 3.05) is 30.7 Å². The maximum Gasteiger partial charge on any atom is 0.407 e. The number of ether oxygens (including phenoxy) is 1. The lowest BCUT2D eigenvalue weighted by atomic mass is 10.1. The van der Waals surface area contributed by atoms with E-state index in [0.717, 1.165) is 12.8 Å². The Bertz CT molecular complexity index is 506. The highest BCUT2D eigenvalue weighted by Gasteiger charge is 2.06. The average Bonchev–Trinajstić information content (AvgIpc) is 2.48. The zero-order valence-corrected chi connectivity index (χ0v) is 12.7. The Morgan fingerprint density at radius 3 is 2.73 bits per heavy atom. The van der Waals surface area contributed by atoms with Crippen LogP contribution in [0.25, 0.3) is 0 Å². The third kappa shape index (κ3) is 6.34. The molecule has 5 N–H and O–H groups in total. The number of carbonyl (C=O) groups is 2. The number of nitrogen functional groups attached to an aromatic ring is 1. The number of carboxylic acid groups (broad SMARTS) is 1. The SMILES string of the molecule is CCCCOC(=O)NCCCNc1cc(C(=O)O)ccc1N. The van der Waals surface area contributed by atoms with Gasteiger partial charge in [0.25, 0.3) is 0 Å². The van der Waals surface area contributed by atoms with Crippen molar-refractivity contribution in [2.45, 2.75) is 26.2 Å². The highest BCUT2D eigenvalue weighted by molar-refractivity contribution is 5.90.